The third kappa shape index (κ3) is 5.84. The predicted molar refractivity (Wildman–Crippen MR) is 175 cm³/mol. The molecule has 0 aliphatic carbocycles. The summed E-state index contributed by atoms with van der Waals surface area (Å²) in [7, 11) is 0. The molecule has 41 heavy (non-hydrogen) atoms. The van der Waals surface area contributed by atoms with Crippen LogP contribution in [-0.2, 0) is 18.5 Å². The van der Waals surface area contributed by atoms with Gasteiger partial charge in [0.05, 0.1) is 5.69 Å². The molecule has 6 rings (SSSR count). The van der Waals surface area contributed by atoms with E-state index in [-0.39, 0.29) is 5.41 Å². The van der Waals surface area contributed by atoms with Crippen LogP contribution >= 0.6 is 23.2 Å². The van der Waals surface area contributed by atoms with Crippen molar-refractivity contribution in [1.82, 2.24) is 9.47 Å². The SMILES string of the molecule is CC(C)(C)c1ccc(Cn2c(-c3ccccc3)c(CN3CCC(c4c(Cl)cccc4Cl)CC3)c3ccccc32)cc1. The molecule has 0 saturated carbocycles. The number of halogens is 2. The fourth-order valence-corrected chi connectivity index (χ4v) is 7.13. The summed E-state index contributed by atoms with van der Waals surface area (Å²) >= 11 is 13.2. The second-order valence-corrected chi connectivity index (χ2v) is 13.2. The Morgan fingerprint density at radius 1 is 0.707 bits per heavy atom. The highest BCUT2D eigenvalue weighted by Gasteiger charge is 2.27. The zero-order chi connectivity index (χ0) is 28.6. The minimum Gasteiger partial charge on any atom is -0.336 e. The van der Waals surface area contributed by atoms with Gasteiger partial charge in [-0.25, -0.2) is 0 Å². The van der Waals surface area contributed by atoms with Crippen molar-refractivity contribution in [3.63, 3.8) is 0 Å². The van der Waals surface area contributed by atoms with Crippen molar-refractivity contribution in [3.05, 3.63) is 129 Å². The maximum Gasteiger partial charge on any atom is 0.0540 e. The first-order valence-corrected chi connectivity index (χ1v) is 15.5. The van der Waals surface area contributed by atoms with Gasteiger partial charge in [-0.2, -0.15) is 0 Å². The summed E-state index contributed by atoms with van der Waals surface area (Å²) in [6.07, 6.45) is 2.12. The molecule has 1 saturated heterocycles. The van der Waals surface area contributed by atoms with Crippen LogP contribution in [-0.4, -0.2) is 22.6 Å². The largest absolute Gasteiger partial charge is 0.336 e. The number of fused-ring (bicyclic) bond motifs is 1. The van der Waals surface area contributed by atoms with Crippen LogP contribution in [0.15, 0.2) is 97.1 Å². The zero-order valence-electron chi connectivity index (χ0n) is 24.2. The Bertz CT molecular complexity index is 1620. The van der Waals surface area contributed by atoms with E-state index in [1.165, 1.54) is 38.9 Å². The fourth-order valence-electron chi connectivity index (χ4n) is 6.42. The first-order chi connectivity index (χ1) is 19.8. The Balaban J connectivity index is 1.35. The van der Waals surface area contributed by atoms with Crippen LogP contribution in [0.25, 0.3) is 22.2 Å². The third-order valence-corrected chi connectivity index (χ3v) is 9.32. The number of benzene rings is 4. The molecule has 0 amide bonds. The summed E-state index contributed by atoms with van der Waals surface area (Å²) in [5.74, 6) is 0.401. The van der Waals surface area contributed by atoms with Crippen molar-refractivity contribution in [2.24, 2.45) is 0 Å². The molecule has 1 aromatic heterocycles. The van der Waals surface area contributed by atoms with Gasteiger partial charge in [-0.3, -0.25) is 4.90 Å². The van der Waals surface area contributed by atoms with Crippen LogP contribution in [0.4, 0.5) is 0 Å². The van der Waals surface area contributed by atoms with Crippen molar-refractivity contribution in [2.75, 3.05) is 13.1 Å². The molecule has 4 aromatic carbocycles. The summed E-state index contributed by atoms with van der Waals surface area (Å²) in [5.41, 5.74) is 9.24. The molecule has 0 unspecified atom stereocenters. The molecule has 1 aliphatic heterocycles. The fraction of sp³-hybridized carbons (Fsp3) is 0.297. The van der Waals surface area contributed by atoms with Crippen LogP contribution < -0.4 is 0 Å². The van der Waals surface area contributed by atoms with E-state index in [0.29, 0.717) is 5.92 Å². The monoisotopic (exact) mass is 580 g/mol. The second-order valence-electron chi connectivity index (χ2n) is 12.4. The molecule has 0 atom stereocenters. The number of hydrogen-bond acceptors (Lipinski definition) is 1. The lowest BCUT2D eigenvalue weighted by molar-refractivity contribution is 0.205. The standard InChI is InChI=1S/C37H38Cl2N2/c1-37(2,3)29-18-16-26(17-19-29)24-41-34-15-8-7-12-30(34)31(36(41)28-10-5-4-6-11-28)25-40-22-20-27(21-23-40)35-32(38)13-9-14-33(35)39/h4-19,27H,20-25H2,1-3H3. The topological polar surface area (TPSA) is 8.17 Å². The van der Waals surface area contributed by atoms with Crippen LogP contribution in [0.3, 0.4) is 0 Å². The Labute approximate surface area is 254 Å². The summed E-state index contributed by atoms with van der Waals surface area (Å²) in [5, 5.41) is 2.93. The minimum absolute atomic E-state index is 0.145. The van der Waals surface area contributed by atoms with E-state index in [2.05, 4.69) is 109 Å². The van der Waals surface area contributed by atoms with Crippen molar-refractivity contribution >= 4 is 34.1 Å². The van der Waals surface area contributed by atoms with Crippen LogP contribution in [0.2, 0.25) is 10.0 Å². The van der Waals surface area contributed by atoms with Crippen LogP contribution in [0.5, 0.6) is 0 Å². The lowest BCUT2D eigenvalue weighted by atomic mass is 9.87. The molecule has 0 bridgehead atoms. The summed E-state index contributed by atoms with van der Waals surface area (Å²) in [4.78, 5) is 2.61. The number of likely N-dealkylation sites (tertiary alicyclic amines) is 1. The highest BCUT2D eigenvalue weighted by molar-refractivity contribution is 6.36. The number of piperidine rings is 1. The minimum atomic E-state index is 0.145. The van der Waals surface area contributed by atoms with E-state index < -0.39 is 0 Å². The number of rotatable bonds is 6. The third-order valence-electron chi connectivity index (χ3n) is 8.66. The molecule has 1 aliphatic rings. The summed E-state index contributed by atoms with van der Waals surface area (Å²) in [6, 6.07) is 34.9. The molecule has 210 valence electrons. The van der Waals surface area contributed by atoms with Gasteiger partial charge < -0.3 is 4.57 Å². The molecule has 0 radical (unpaired) electrons. The Morgan fingerprint density at radius 2 is 1.34 bits per heavy atom. The predicted octanol–water partition coefficient (Wildman–Crippen LogP) is 10.3. The smallest absolute Gasteiger partial charge is 0.0540 e. The first kappa shape index (κ1) is 28.1. The van der Waals surface area contributed by atoms with Gasteiger partial charge in [-0.1, -0.05) is 123 Å². The molecule has 2 heterocycles. The number of hydrogen-bond donors (Lipinski definition) is 0. The van der Waals surface area contributed by atoms with E-state index in [9.17, 15) is 0 Å². The maximum absolute atomic E-state index is 6.58. The van der Waals surface area contributed by atoms with E-state index >= 15 is 0 Å². The number of para-hydroxylation sites is 1. The molecule has 2 nitrogen and oxygen atoms in total. The summed E-state index contributed by atoms with van der Waals surface area (Å²) < 4.78 is 2.53. The lowest BCUT2D eigenvalue weighted by Gasteiger charge is -2.33. The van der Waals surface area contributed by atoms with Gasteiger partial charge in [-0.15, -0.1) is 0 Å². The Kier molecular flexibility index (Phi) is 8.01. The average molecular weight is 582 g/mol. The maximum atomic E-state index is 6.58. The first-order valence-electron chi connectivity index (χ1n) is 14.7. The molecule has 0 N–H and O–H groups in total. The Hall–Kier alpha value is -3.04. The zero-order valence-corrected chi connectivity index (χ0v) is 25.7. The van der Waals surface area contributed by atoms with Gasteiger partial charge in [0.1, 0.15) is 0 Å². The quantitative estimate of drug-likeness (QED) is 0.194. The van der Waals surface area contributed by atoms with Gasteiger partial charge in [0.25, 0.3) is 0 Å². The van der Waals surface area contributed by atoms with Crippen molar-refractivity contribution in [1.29, 1.82) is 0 Å². The van der Waals surface area contributed by atoms with Gasteiger partial charge in [0.15, 0.2) is 0 Å². The van der Waals surface area contributed by atoms with E-state index in [4.69, 9.17) is 23.2 Å². The molecule has 5 aromatic rings. The number of aromatic nitrogens is 1. The van der Waals surface area contributed by atoms with E-state index in [1.807, 2.05) is 18.2 Å². The van der Waals surface area contributed by atoms with Gasteiger partial charge in [0, 0.05) is 34.0 Å². The molecule has 1 fully saturated rings. The Morgan fingerprint density at radius 3 is 2.00 bits per heavy atom. The van der Waals surface area contributed by atoms with Crippen molar-refractivity contribution in [3.8, 4) is 11.3 Å². The molecular weight excluding hydrogens is 543 g/mol. The normalized spacial score (nSPS) is 15.0. The number of nitrogens with zero attached hydrogens (tertiary/aromatic N) is 2. The second kappa shape index (κ2) is 11.7. The highest BCUT2D eigenvalue weighted by atomic mass is 35.5. The van der Waals surface area contributed by atoms with Crippen molar-refractivity contribution in [2.45, 2.75) is 58.0 Å². The average Bonchev–Trinajstić information content (AvgIpc) is 3.27. The van der Waals surface area contributed by atoms with Crippen LogP contribution in [0, 0.1) is 0 Å². The summed E-state index contributed by atoms with van der Waals surface area (Å²) in [6.45, 7) is 10.6. The molecule has 0 spiro atoms. The van der Waals surface area contributed by atoms with Gasteiger partial charge in [0.2, 0.25) is 0 Å². The highest BCUT2D eigenvalue weighted by Crippen LogP contribution is 2.40. The van der Waals surface area contributed by atoms with Crippen LogP contribution in [0.1, 0.15) is 61.8 Å². The molecular formula is C37H38Cl2N2. The van der Waals surface area contributed by atoms with Crippen molar-refractivity contribution < 1.29 is 0 Å². The molecule has 4 heteroatoms. The van der Waals surface area contributed by atoms with E-state index in [1.54, 1.807) is 0 Å². The lowest BCUT2D eigenvalue weighted by Crippen LogP contribution is -2.32. The van der Waals surface area contributed by atoms with E-state index in [0.717, 1.165) is 54.6 Å². The van der Waals surface area contributed by atoms with Gasteiger partial charge in [-0.05, 0) is 83.3 Å². The van der Waals surface area contributed by atoms with Gasteiger partial charge >= 0.3 is 0 Å².